The van der Waals surface area contributed by atoms with Crippen LogP contribution in [0.5, 0.6) is 0 Å². The first-order valence-electron chi connectivity index (χ1n) is 4.21. The van der Waals surface area contributed by atoms with Crippen molar-refractivity contribution in [3.05, 3.63) is 34.3 Å². The third-order valence-corrected chi connectivity index (χ3v) is 3.02. The van der Waals surface area contributed by atoms with E-state index in [1.54, 1.807) is 11.8 Å². The molecule has 3 heteroatoms. The average molecular weight is 260 g/mol. The second kappa shape index (κ2) is 5.68. The van der Waals surface area contributed by atoms with Crippen molar-refractivity contribution in [3.63, 3.8) is 0 Å². The molecule has 0 aliphatic rings. The van der Waals surface area contributed by atoms with Crippen molar-refractivity contribution in [1.29, 1.82) is 0 Å². The fourth-order valence-electron chi connectivity index (χ4n) is 1.24. The van der Waals surface area contributed by atoms with Crippen molar-refractivity contribution in [2.75, 3.05) is 12.0 Å². The monoisotopic (exact) mass is 259 g/mol. The minimum Gasteiger partial charge on any atom is -0.327 e. The number of thioether (sulfide) groups is 1. The van der Waals surface area contributed by atoms with Gasteiger partial charge in [0, 0.05) is 16.3 Å². The molecular formula is C10H14BrNS. The Morgan fingerprint density at radius 3 is 2.92 bits per heavy atom. The quantitative estimate of drug-likeness (QED) is 0.900. The molecule has 0 heterocycles. The van der Waals surface area contributed by atoms with Crippen molar-refractivity contribution >= 4 is 27.7 Å². The highest BCUT2D eigenvalue weighted by Gasteiger charge is 2.02. The second-order valence-electron chi connectivity index (χ2n) is 3.05. The van der Waals surface area contributed by atoms with Crippen LogP contribution in [0.15, 0.2) is 28.7 Å². The summed E-state index contributed by atoms with van der Waals surface area (Å²) in [5.41, 5.74) is 7.23. The molecule has 13 heavy (non-hydrogen) atoms. The summed E-state index contributed by atoms with van der Waals surface area (Å²) in [4.78, 5) is 0. The van der Waals surface area contributed by atoms with Gasteiger partial charge in [0.05, 0.1) is 0 Å². The lowest BCUT2D eigenvalue weighted by Crippen LogP contribution is -2.25. The van der Waals surface area contributed by atoms with E-state index in [2.05, 4.69) is 34.3 Å². The van der Waals surface area contributed by atoms with Crippen LogP contribution < -0.4 is 5.73 Å². The second-order valence-corrected chi connectivity index (χ2v) is 4.88. The molecule has 72 valence electrons. The van der Waals surface area contributed by atoms with Crippen molar-refractivity contribution in [2.45, 2.75) is 12.5 Å². The van der Waals surface area contributed by atoms with E-state index in [1.807, 2.05) is 12.1 Å². The molecule has 0 amide bonds. The number of rotatable bonds is 4. The van der Waals surface area contributed by atoms with Gasteiger partial charge in [-0.3, -0.25) is 0 Å². The van der Waals surface area contributed by atoms with Gasteiger partial charge < -0.3 is 5.73 Å². The van der Waals surface area contributed by atoms with Gasteiger partial charge in [-0.25, -0.2) is 0 Å². The van der Waals surface area contributed by atoms with E-state index in [0.717, 1.165) is 16.6 Å². The van der Waals surface area contributed by atoms with Gasteiger partial charge in [0.25, 0.3) is 0 Å². The zero-order valence-corrected chi connectivity index (χ0v) is 10.1. The Morgan fingerprint density at radius 1 is 1.54 bits per heavy atom. The maximum Gasteiger partial charge on any atom is 0.0178 e. The van der Waals surface area contributed by atoms with Crippen LogP contribution >= 0.6 is 27.7 Å². The molecule has 1 aromatic carbocycles. The topological polar surface area (TPSA) is 26.0 Å². The van der Waals surface area contributed by atoms with Crippen LogP contribution in [0, 0.1) is 0 Å². The SMILES string of the molecule is CSCC(N)Cc1cccc(Br)c1. The molecule has 0 fully saturated rings. The predicted molar refractivity (Wildman–Crippen MR) is 64.2 cm³/mol. The summed E-state index contributed by atoms with van der Waals surface area (Å²) < 4.78 is 1.13. The van der Waals surface area contributed by atoms with Crippen LogP contribution in [0.25, 0.3) is 0 Å². The number of hydrogen-bond donors (Lipinski definition) is 1. The van der Waals surface area contributed by atoms with Crippen LogP contribution in [0.1, 0.15) is 5.56 Å². The average Bonchev–Trinajstić information content (AvgIpc) is 2.04. The normalized spacial score (nSPS) is 12.8. The molecule has 0 radical (unpaired) electrons. The molecule has 0 bridgehead atoms. The van der Waals surface area contributed by atoms with E-state index in [1.165, 1.54) is 5.56 Å². The smallest absolute Gasteiger partial charge is 0.0178 e. The van der Waals surface area contributed by atoms with Crippen molar-refractivity contribution in [2.24, 2.45) is 5.73 Å². The lowest BCUT2D eigenvalue weighted by Gasteiger charge is -2.09. The van der Waals surface area contributed by atoms with E-state index in [4.69, 9.17) is 5.73 Å². The molecule has 0 saturated heterocycles. The van der Waals surface area contributed by atoms with E-state index in [0.29, 0.717) is 0 Å². The van der Waals surface area contributed by atoms with Gasteiger partial charge in [-0.15, -0.1) is 0 Å². The third kappa shape index (κ3) is 4.16. The van der Waals surface area contributed by atoms with E-state index >= 15 is 0 Å². The first-order valence-corrected chi connectivity index (χ1v) is 6.40. The van der Waals surface area contributed by atoms with E-state index < -0.39 is 0 Å². The lowest BCUT2D eigenvalue weighted by molar-refractivity contribution is 0.749. The van der Waals surface area contributed by atoms with Gasteiger partial charge in [0.15, 0.2) is 0 Å². The van der Waals surface area contributed by atoms with Crippen molar-refractivity contribution in [1.82, 2.24) is 0 Å². The minimum absolute atomic E-state index is 0.268. The summed E-state index contributed by atoms with van der Waals surface area (Å²) in [6.07, 6.45) is 3.04. The van der Waals surface area contributed by atoms with Crippen molar-refractivity contribution < 1.29 is 0 Å². The van der Waals surface area contributed by atoms with E-state index in [9.17, 15) is 0 Å². The van der Waals surface area contributed by atoms with Gasteiger partial charge in [-0.05, 0) is 30.4 Å². The predicted octanol–water partition coefficient (Wildman–Crippen LogP) is 2.68. The number of halogens is 1. The number of benzene rings is 1. The first kappa shape index (κ1) is 11.1. The molecule has 0 aromatic heterocycles. The van der Waals surface area contributed by atoms with Crippen molar-refractivity contribution in [3.8, 4) is 0 Å². The van der Waals surface area contributed by atoms with Gasteiger partial charge >= 0.3 is 0 Å². The van der Waals surface area contributed by atoms with Gasteiger partial charge in [-0.1, -0.05) is 28.1 Å². The maximum absolute atomic E-state index is 5.93. The molecule has 0 spiro atoms. The van der Waals surface area contributed by atoms with Gasteiger partial charge in [-0.2, -0.15) is 11.8 Å². The Kier molecular flexibility index (Phi) is 4.84. The fraction of sp³-hybridized carbons (Fsp3) is 0.400. The first-order chi connectivity index (χ1) is 6.22. The highest BCUT2D eigenvalue weighted by Crippen LogP contribution is 2.13. The highest BCUT2D eigenvalue weighted by atomic mass is 79.9. The molecule has 0 saturated carbocycles. The molecular weight excluding hydrogens is 246 g/mol. The largest absolute Gasteiger partial charge is 0.327 e. The Hall–Kier alpha value is 0.01000. The molecule has 1 aromatic rings. The minimum atomic E-state index is 0.268. The van der Waals surface area contributed by atoms with Crippen LogP contribution in [-0.2, 0) is 6.42 Å². The van der Waals surface area contributed by atoms with Gasteiger partial charge in [0.1, 0.15) is 0 Å². The maximum atomic E-state index is 5.93. The molecule has 1 atom stereocenters. The van der Waals surface area contributed by atoms with Crippen LogP contribution in [0.2, 0.25) is 0 Å². The number of nitrogens with two attached hydrogens (primary N) is 1. The third-order valence-electron chi connectivity index (χ3n) is 1.77. The Balaban J connectivity index is 2.53. The summed E-state index contributed by atoms with van der Waals surface area (Å²) in [6, 6.07) is 8.59. The molecule has 1 unspecified atom stereocenters. The summed E-state index contributed by atoms with van der Waals surface area (Å²) in [6.45, 7) is 0. The summed E-state index contributed by atoms with van der Waals surface area (Å²) in [7, 11) is 0. The molecule has 1 rings (SSSR count). The van der Waals surface area contributed by atoms with Crippen LogP contribution in [0.4, 0.5) is 0 Å². The number of hydrogen-bond acceptors (Lipinski definition) is 2. The summed E-state index contributed by atoms with van der Waals surface area (Å²) >= 11 is 5.24. The van der Waals surface area contributed by atoms with E-state index in [-0.39, 0.29) is 6.04 Å². The molecule has 0 aliphatic heterocycles. The lowest BCUT2D eigenvalue weighted by atomic mass is 10.1. The Bertz CT molecular complexity index is 265. The Morgan fingerprint density at radius 2 is 2.31 bits per heavy atom. The highest BCUT2D eigenvalue weighted by molar-refractivity contribution is 9.10. The van der Waals surface area contributed by atoms with Crippen LogP contribution in [0.3, 0.4) is 0 Å². The molecule has 0 aliphatic carbocycles. The fourth-order valence-corrected chi connectivity index (χ4v) is 2.23. The van der Waals surface area contributed by atoms with Gasteiger partial charge in [0.2, 0.25) is 0 Å². The standard InChI is InChI=1S/C10H14BrNS/c1-13-7-10(12)6-8-3-2-4-9(11)5-8/h2-5,10H,6-7,12H2,1H3. The molecule has 1 nitrogen and oxygen atoms in total. The Labute approximate surface area is 92.2 Å². The zero-order valence-electron chi connectivity index (χ0n) is 7.66. The molecule has 2 N–H and O–H groups in total. The zero-order chi connectivity index (χ0) is 9.68. The van der Waals surface area contributed by atoms with Crippen LogP contribution in [-0.4, -0.2) is 18.1 Å². The summed E-state index contributed by atoms with van der Waals surface area (Å²) in [5.74, 6) is 1.02. The summed E-state index contributed by atoms with van der Waals surface area (Å²) in [5, 5.41) is 0.